The van der Waals surface area contributed by atoms with Gasteiger partial charge in [0.1, 0.15) is 5.82 Å². The minimum absolute atomic E-state index is 0.191. The van der Waals surface area contributed by atoms with Gasteiger partial charge in [-0.25, -0.2) is 4.39 Å². The summed E-state index contributed by atoms with van der Waals surface area (Å²) in [6.45, 7) is 10.6. The van der Waals surface area contributed by atoms with Crippen LogP contribution in [-0.4, -0.2) is 48.4 Å². The lowest BCUT2D eigenvalue weighted by molar-refractivity contribution is -0.138. The number of nitrogens with zero attached hydrogens (tertiary/aromatic N) is 2. The average Bonchev–Trinajstić information content (AvgIpc) is 3.18. The number of hydrogen-bond acceptors (Lipinski definition) is 2. The molecule has 2 unspecified atom stereocenters. The van der Waals surface area contributed by atoms with Crippen LogP contribution in [0.25, 0.3) is 0 Å². The Bertz CT molecular complexity index is 899. The first-order valence-electron chi connectivity index (χ1n) is 12.1. The maximum atomic E-state index is 14.0. The van der Waals surface area contributed by atoms with Crippen molar-refractivity contribution < 1.29 is 9.18 Å². The topological polar surface area (TPSA) is 23.6 Å². The van der Waals surface area contributed by atoms with E-state index in [1.165, 1.54) is 24.5 Å². The molecular formula is C28H37FN2O. The van der Waals surface area contributed by atoms with E-state index in [-0.39, 0.29) is 17.6 Å². The summed E-state index contributed by atoms with van der Waals surface area (Å²) in [6.07, 6.45) is 3.60. The lowest BCUT2D eigenvalue weighted by Gasteiger charge is -2.34. The van der Waals surface area contributed by atoms with Gasteiger partial charge in [0.05, 0.1) is 0 Å². The maximum absolute atomic E-state index is 14.0. The fraction of sp³-hybridized carbons (Fsp3) is 0.536. The third kappa shape index (κ3) is 5.58. The summed E-state index contributed by atoms with van der Waals surface area (Å²) < 4.78 is 14.0. The van der Waals surface area contributed by atoms with Crippen LogP contribution in [0.4, 0.5) is 4.39 Å². The molecule has 0 saturated carbocycles. The summed E-state index contributed by atoms with van der Waals surface area (Å²) in [4.78, 5) is 17.6. The van der Waals surface area contributed by atoms with E-state index in [9.17, 15) is 9.18 Å². The predicted molar refractivity (Wildman–Crippen MR) is 128 cm³/mol. The number of benzene rings is 2. The monoisotopic (exact) mass is 436 g/mol. The van der Waals surface area contributed by atoms with Gasteiger partial charge in [0.25, 0.3) is 0 Å². The molecule has 2 saturated heterocycles. The summed E-state index contributed by atoms with van der Waals surface area (Å²) in [5, 5.41) is 0. The Hall–Kier alpha value is -2.20. The molecule has 1 amide bonds. The van der Waals surface area contributed by atoms with Crippen molar-refractivity contribution >= 4 is 5.91 Å². The van der Waals surface area contributed by atoms with Gasteiger partial charge in [-0.3, -0.25) is 4.79 Å². The van der Waals surface area contributed by atoms with Crippen LogP contribution in [0.5, 0.6) is 0 Å². The van der Waals surface area contributed by atoms with Gasteiger partial charge in [-0.1, -0.05) is 63.2 Å². The Labute approximate surface area is 192 Å². The highest BCUT2D eigenvalue weighted by atomic mass is 19.1. The normalized spacial score (nSPS) is 22.9. The van der Waals surface area contributed by atoms with Crippen molar-refractivity contribution in [1.82, 2.24) is 9.80 Å². The molecule has 4 rings (SSSR count). The van der Waals surface area contributed by atoms with Crippen molar-refractivity contribution in [3.8, 4) is 0 Å². The second-order valence-electron chi connectivity index (χ2n) is 10.8. The zero-order valence-electron chi connectivity index (χ0n) is 19.8. The van der Waals surface area contributed by atoms with Gasteiger partial charge in [0, 0.05) is 31.0 Å². The standard InChI is InChI=1S/C28H37FN2O/c1-28(2,3)27(32)31-19-24(26(20-31)23-10-7-11-25(29)17-23)18-30-14-12-22(13-15-30)16-21-8-5-4-6-9-21/h4-11,17,22,24,26H,12-16,18-20H2,1-3H3. The number of rotatable bonds is 5. The molecule has 0 N–H and O–H groups in total. The molecule has 172 valence electrons. The summed E-state index contributed by atoms with van der Waals surface area (Å²) in [5.74, 6) is 1.29. The lowest BCUT2D eigenvalue weighted by Crippen LogP contribution is -2.40. The van der Waals surface area contributed by atoms with Crippen molar-refractivity contribution in [2.75, 3.05) is 32.7 Å². The van der Waals surface area contributed by atoms with Crippen molar-refractivity contribution in [2.24, 2.45) is 17.3 Å². The molecule has 0 radical (unpaired) electrons. The van der Waals surface area contributed by atoms with Crippen LogP contribution >= 0.6 is 0 Å². The average molecular weight is 437 g/mol. The molecule has 0 bridgehead atoms. The van der Waals surface area contributed by atoms with Crippen LogP contribution in [0.3, 0.4) is 0 Å². The van der Waals surface area contributed by atoms with Gasteiger partial charge in [-0.05, 0) is 67.4 Å². The van der Waals surface area contributed by atoms with Crippen molar-refractivity contribution in [3.05, 3.63) is 71.5 Å². The van der Waals surface area contributed by atoms with E-state index in [0.717, 1.165) is 44.1 Å². The number of carbonyl (C=O) groups is 1. The second-order valence-corrected chi connectivity index (χ2v) is 10.8. The molecule has 0 aromatic heterocycles. The Kier molecular flexibility index (Phi) is 6.99. The fourth-order valence-corrected chi connectivity index (χ4v) is 5.46. The molecular weight excluding hydrogens is 399 g/mol. The van der Waals surface area contributed by atoms with E-state index < -0.39 is 5.41 Å². The van der Waals surface area contributed by atoms with Gasteiger partial charge >= 0.3 is 0 Å². The zero-order chi connectivity index (χ0) is 22.7. The Balaban J connectivity index is 1.40. The highest BCUT2D eigenvalue weighted by Gasteiger charge is 2.40. The van der Waals surface area contributed by atoms with Gasteiger partial charge < -0.3 is 9.80 Å². The van der Waals surface area contributed by atoms with E-state index in [4.69, 9.17) is 0 Å². The van der Waals surface area contributed by atoms with Crippen LogP contribution in [-0.2, 0) is 11.2 Å². The smallest absolute Gasteiger partial charge is 0.227 e. The SMILES string of the molecule is CC(C)(C)C(=O)N1CC(CN2CCC(Cc3ccccc3)CC2)C(c2cccc(F)c2)C1. The van der Waals surface area contributed by atoms with Crippen molar-refractivity contribution in [3.63, 3.8) is 0 Å². The second kappa shape index (κ2) is 9.74. The third-order valence-electron chi connectivity index (χ3n) is 7.21. The molecule has 2 aliphatic rings. The quantitative estimate of drug-likeness (QED) is 0.629. The fourth-order valence-electron chi connectivity index (χ4n) is 5.46. The van der Waals surface area contributed by atoms with Gasteiger partial charge in [0.15, 0.2) is 0 Å². The van der Waals surface area contributed by atoms with E-state index in [2.05, 4.69) is 35.2 Å². The highest BCUT2D eigenvalue weighted by molar-refractivity contribution is 5.82. The zero-order valence-corrected chi connectivity index (χ0v) is 19.8. The molecule has 32 heavy (non-hydrogen) atoms. The number of piperidine rings is 1. The van der Waals surface area contributed by atoms with Crippen LogP contribution in [0.15, 0.2) is 54.6 Å². The third-order valence-corrected chi connectivity index (χ3v) is 7.21. The summed E-state index contributed by atoms with van der Waals surface area (Å²) >= 11 is 0. The van der Waals surface area contributed by atoms with Crippen molar-refractivity contribution in [1.29, 1.82) is 0 Å². The molecule has 2 aromatic rings. The number of carbonyl (C=O) groups excluding carboxylic acids is 1. The Morgan fingerprint density at radius 1 is 1.00 bits per heavy atom. The van der Waals surface area contributed by atoms with Crippen LogP contribution in [0, 0.1) is 23.1 Å². The summed E-state index contributed by atoms with van der Waals surface area (Å²) in [7, 11) is 0. The molecule has 3 nitrogen and oxygen atoms in total. The maximum Gasteiger partial charge on any atom is 0.227 e. The lowest BCUT2D eigenvalue weighted by atomic mass is 9.86. The van der Waals surface area contributed by atoms with Crippen LogP contribution in [0.1, 0.15) is 50.7 Å². The highest BCUT2D eigenvalue weighted by Crippen LogP contribution is 2.36. The first-order chi connectivity index (χ1) is 15.3. The molecule has 4 heteroatoms. The summed E-state index contributed by atoms with van der Waals surface area (Å²) in [6, 6.07) is 17.8. The largest absolute Gasteiger partial charge is 0.341 e. The van der Waals surface area contributed by atoms with Crippen LogP contribution in [0.2, 0.25) is 0 Å². The molecule has 2 aliphatic heterocycles. The van der Waals surface area contributed by atoms with Crippen molar-refractivity contribution in [2.45, 2.75) is 46.0 Å². The molecule has 0 aliphatic carbocycles. The molecule has 2 heterocycles. The number of likely N-dealkylation sites (tertiary alicyclic amines) is 2. The molecule has 2 fully saturated rings. The minimum Gasteiger partial charge on any atom is -0.341 e. The Morgan fingerprint density at radius 2 is 1.72 bits per heavy atom. The molecule has 0 spiro atoms. The van der Waals surface area contributed by atoms with Gasteiger partial charge in [-0.15, -0.1) is 0 Å². The number of hydrogen-bond donors (Lipinski definition) is 0. The number of halogens is 1. The number of amides is 1. The molecule has 2 atom stereocenters. The minimum atomic E-state index is -0.392. The van der Waals surface area contributed by atoms with Gasteiger partial charge in [0.2, 0.25) is 5.91 Å². The van der Waals surface area contributed by atoms with Gasteiger partial charge in [-0.2, -0.15) is 0 Å². The van der Waals surface area contributed by atoms with Crippen LogP contribution < -0.4 is 0 Å². The first kappa shape index (κ1) is 23.0. The van der Waals surface area contributed by atoms with E-state index in [0.29, 0.717) is 12.5 Å². The predicted octanol–water partition coefficient (Wildman–Crippen LogP) is 5.37. The van der Waals surface area contributed by atoms with E-state index in [1.54, 1.807) is 12.1 Å². The first-order valence-corrected chi connectivity index (χ1v) is 12.1. The van der Waals surface area contributed by atoms with E-state index in [1.807, 2.05) is 31.7 Å². The molecule has 2 aromatic carbocycles. The summed E-state index contributed by atoms with van der Waals surface area (Å²) in [5.41, 5.74) is 2.07. The van der Waals surface area contributed by atoms with E-state index >= 15 is 0 Å². The Morgan fingerprint density at radius 3 is 2.38 bits per heavy atom.